The third kappa shape index (κ3) is 6.14. The van der Waals surface area contributed by atoms with E-state index in [0.717, 1.165) is 23.5 Å². The molecule has 2 fully saturated rings. The van der Waals surface area contributed by atoms with E-state index in [4.69, 9.17) is 39.8 Å². The van der Waals surface area contributed by atoms with Crippen LogP contribution in [0.15, 0.2) is 23.8 Å². The van der Waals surface area contributed by atoms with Crippen molar-refractivity contribution in [3.05, 3.63) is 29.3 Å². The van der Waals surface area contributed by atoms with Gasteiger partial charge in [-0.3, -0.25) is 32.5 Å². The van der Waals surface area contributed by atoms with Gasteiger partial charge in [-0.2, -0.15) is 4.98 Å². The summed E-state index contributed by atoms with van der Waals surface area (Å²) >= 11 is 0. The van der Waals surface area contributed by atoms with E-state index in [9.17, 15) is 34.1 Å². The topological polar surface area (TPSA) is 361 Å². The van der Waals surface area contributed by atoms with Crippen molar-refractivity contribution < 1.29 is 62.2 Å². The minimum Gasteiger partial charge on any atom is -0.387 e. The van der Waals surface area contributed by atoms with E-state index in [1.807, 2.05) is 0 Å². The summed E-state index contributed by atoms with van der Waals surface area (Å²) in [6.45, 7) is -1.71. The van der Waals surface area contributed by atoms with Crippen LogP contribution in [-0.4, -0.2) is 119 Å². The van der Waals surface area contributed by atoms with Crippen molar-refractivity contribution >= 4 is 49.7 Å². The number of hydrogen-bond acceptors (Lipinski definition) is 18. The summed E-state index contributed by atoms with van der Waals surface area (Å²) in [6.07, 6.45) is -9.41. The van der Waals surface area contributed by atoms with Crippen LogP contribution < -0.4 is 17.0 Å². The maximum Gasteiger partial charge on any atom is 0.472 e. The van der Waals surface area contributed by atoms with E-state index < -0.39 is 83.5 Å². The first-order valence-corrected chi connectivity index (χ1v) is 16.0. The predicted molar refractivity (Wildman–Crippen MR) is 147 cm³/mol. The van der Waals surface area contributed by atoms with Crippen LogP contribution in [0.4, 0.5) is 11.8 Å². The molecule has 0 radical (unpaired) electrons. The van der Waals surface area contributed by atoms with E-state index >= 15 is 0 Å². The number of rotatable bonds is 10. The van der Waals surface area contributed by atoms with Crippen molar-refractivity contribution in [2.45, 2.75) is 49.1 Å². The Morgan fingerprint density at radius 3 is 2.20 bits per heavy atom. The number of nitrogens with two attached hydrogens (primary N) is 2. The lowest BCUT2D eigenvalue weighted by atomic mass is 10.1. The number of aromatic amines is 1. The molecule has 2 saturated heterocycles. The van der Waals surface area contributed by atoms with Gasteiger partial charge in [-0.05, 0) is 0 Å². The fourth-order valence-corrected chi connectivity index (χ4v) is 6.27. The molecule has 0 saturated carbocycles. The third-order valence-electron chi connectivity index (χ3n) is 7.10. The van der Waals surface area contributed by atoms with Crippen molar-refractivity contribution in [3.8, 4) is 0 Å². The van der Waals surface area contributed by atoms with E-state index in [1.54, 1.807) is 0 Å². The van der Waals surface area contributed by atoms with Crippen LogP contribution in [0.1, 0.15) is 12.5 Å². The molecule has 0 aromatic carbocycles. The second-order valence-corrected chi connectivity index (χ2v) is 12.7. The molecule has 46 heavy (non-hydrogen) atoms. The Hall–Kier alpha value is -3.48. The molecular weight excluding hydrogens is 666 g/mol. The lowest BCUT2D eigenvalue weighted by molar-refractivity contribution is -0.0613. The smallest absolute Gasteiger partial charge is 0.387 e. The monoisotopic (exact) mass is 692 g/mol. The maximum absolute atomic E-state index is 13.1. The number of fused-ring (bicyclic) bond motifs is 2. The molecule has 26 heteroatoms. The number of ether oxygens (including phenoxy) is 2. The maximum atomic E-state index is 13.1. The van der Waals surface area contributed by atoms with Gasteiger partial charge in [0.15, 0.2) is 35.1 Å². The van der Waals surface area contributed by atoms with Crippen LogP contribution in [0.25, 0.3) is 22.3 Å². The molecule has 11 N–H and O–H groups in total. The second-order valence-electron chi connectivity index (χ2n) is 10.1. The molecule has 2 aliphatic heterocycles. The minimum absolute atomic E-state index is 0.0253. The molecule has 6 rings (SSSR count). The van der Waals surface area contributed by atoms with Crippen LogP contribution >= 0.6 is 15.6 Å². The van der Waals surface area contributed by atoms with E-state index in [-0.39, 0.29) is 34.1 Å². The Morgan fingerprint density at radius 1 is 0.848 bits per heavy atom. The zero-order chi connectivity index (χ0) is 33.1. The van der Waals surface area contributed by atoms with E-state index in [1.165, 1.54) is 4.57 Å². The van der Waals surface area contributed by atoms with Gasteiger partial charge in [-0.25, -0.2) is 29.1 Å². The molecule has 3 unspecified atom stereocenters. The number of anilines is 2. The zero-order valence-electron chi connectivity index (χ0n) is 22.9. The number of phosphoric ester groups is 2. The van der Waals surface area contributed by atoms with Gasteiger partial charge >= 0.3 is 15.6 Å². The summed E-state index contributed by atoms with van der Waals surface area (Å²) in [5.74, 6) is -0.278. The Morgan fingerprint density at radius 2 is 1.48 bits per heavy atom. The first-order valence-electron chi connectivity index (χ1n) is 13.0. The second kappa shape index (κ2) is 12.0. The number of aliphatic hydroxyl groups excluding tert-OH is 3. The van der Waals surface area contributed by atoms with Crippen molar-refractivity contribution in [1.29, 1.82) is 0 Å². The summed E-state index contributed by atoms with van der Waals surface area (Å²) in [5.41, 5.74) is 10.7. The average Bonchev–Trinajstić information content (AvgIpc) is 3.73. The molecule has 0 spiro atoms. The molecular formula is C20H26N10O14P2. The lowest BCUT2D eigenvalue weighted by Gasteiger charge is -2.25. The summed E-state index contributed by atoms with van der Waals surface area (Å²) in [5, 5.41) is 32.2. The molecule has 4 aromatic rings. The SMILES string of the molecule is Nc1nc2c(ncn2[C@@H]2O[C@H](COP(=O)(O)OC3[C@@H](O)[C@@H](COP(=O)(O)O)O[C@H]3n3cnc4c(N)ncnc43)[C@H](O)C2O)c(=O)[nH]1. The molecule has 24 nitrogen and oxygen atoms in total. The Labute approximate surface area is 254 Å². The molecule has 4 aromatic heterocycles. The summed E-state index contributed by atoms with van der Waals surface area (Å²) in [4.78, 5) is 63.0. The number of aliphatic hydroxyl groups is 3. The normalized spacial score (nSPS) is 30.0. The minimum atomic E-state index is -5.19. The number of imidazole rings is 2. The third-order valence-corrected chi connectivity index (χ3v) is 8.57. The quantitative estimate of drug-likeness (QED) is 0.0731. The standard InChI is InChI=1S/C20H26N10O14P2/c21-14-8-15(24-3-23-14)29(4-25-8)19-13(11(32)7(43-19)1-40-45(35,36)37)44-46(38,39)41-2-6-10(31)12(33)18(42-6)30-5-26-9-16(30)27-20(22)28-17(9)34/h3-7,10-13,18-19,31-33H,1-2H2,(H,38,39)(H2,21,23,24)(H2,35,36,37)(H3,22,27,28,34)/t6-,7-,10+,11+,12?,13?,18-,19-/m1/s1. The van der Waals surface area contributed by atoms with Gasteiger partial charge in [0, 0.05) is 0 Å². The van der Waals surface area contributed by atoms with Gasteiger partial charge in [-0.1, -0.05) is 0 Å². The molecule has 0 aliphatic carbocycles. The van der Waals surface area contributed by atoms with Gasteiger partial charge in [0.1, 0.15) is 48.5 Å². The van der Waals surface area contributed by atoms with Crippen molar-refractivity contribution in [1.82, 2.24) is 39.0 Å². The number of phosphoric acid groups is 2. The number of aromatic nitrogens is 8. The number of H-pyrrole nitrogens is 1. The van der Waals surface area contributed by atoms with E-state index in [0.29, 0.717) is 0 Å². The summed E-state index contributed by atoms with van der Waals surface area (Å²) in [7, 11) is -10.2. The molecule has 6 heterocycles. The van der Waals surface area contributed by atoms with Gasteiger partial charge in [0.25, 0.3) is 5.56 Å². The van der Waals surface area contributed by atoms with Crippen molar-refractivity contribution in [2.75, 3.05) is 24.7 Å². The highest BCUT2D eigenvalue weighted by atomic mass is 31.2. The first-order chi connectivity index (χ1) is 21.6. The van der Waals surface area contributed by atoms with Crippen LogP contribution in [0.5, 0.6) is 0 Å². The Kier molecular flexibility index (Phi) is 8.43. The fraction of sp³-hybridized carbons (Fsp3) is 0.500. The molecule has 0 bridgehead atoms. The summed E-state index contributed by atoms with van der Waals surface area (Å²) < 4.78 is 52.7. The highest BCUT2D eigenvalue weighted by Crippen LogP contribution is 2.50. The van der Waals surface area contributed by atoms with Crippen molar-refractivity contribution in [2.24, 2.45) is 0 Å². The van der Waals surface area contributed by atoms with Gasteiger partial charge in [0.2, 0.25) is 5.95 Å². The number of nitrogens with one attached hydrogen (secondary N) is 1. The van der Waals surface area contributed by atoms with Crippen LogP contribution in [0, 0.1) is 0 Å². The van der Waals surface area contributed by atoms with Crippen LogP contribution in [-0.2, 0) is 32.2 Å². The highest BCUT2D eigenvalue weighted by molar-refractivity contribution is 7.47. The van der Waals surface area contributed by atoms with Crippen molar-refractivity contribution in [3.63, 3.8) is 0 Å². The van der Waals surface area contributed by atoms with Crippen LogP contribution in [0.3, 0.4) is 0 Å². The van der Waals surface area contributed by atoms with E-state index in [2.05, 4.69) is 34.4 Å². The lowest BCUT2D eigenvalue weighted by Crippen LogP contribution is -2.36. The molecule has 0 amide bonds. The first kappa shape index (κ1) is 32.5. The number of nitrogens with zero attached hydrogens (tertiary/aromatic N) is 7. The Balaban J connectivity index is 1.20. The largest absolute Gasteiger partial charge is 0.472 e. The van der Waals surface area contributed by atoms with Gasteiger partial charge in [-0.15, -0.1) is 0 Å². The highest BCUT2D eigenvalue weighted by Gasteiger charge is 2.51. The number of hydrogen-bond donors (Lipinski definition) is 9. The zero-order valence-corrected chi connectivity index (χ0v) is 24.7. The Bertz CT molecular complexity index is 1910. The van der Waals surface area contributed by atoms with Crippen LogP contribution in [0.2, 0.25) is 0 Å². The fourth-order valence-electron chi connectivity index (χ4n) is 5.00. The van der Waals surface area contributed by atoms with Gasteiger partial charge < -0.3 is 50.9 Å². The molecule has 9 atom stereocenters. The average molecular weight is 692 g/mol. The molecule has 2 aliphatic rings. The number of nitrogen functional groups attached to an aromatic ring is 2. The molecule has 250 valence electrons. The predicted octanol–water partition coefficient (Wildman–Crippen LogP) is -3.39. The summed E-state index contributed by atoms with van der Waals surface area (Å²) in [6, 6.07) is 0. The van der Waals surface area contributed by atoms with Gasteiger partial charge in [0.05, 0.1) is 25.9 Å².